The SMILES string of the molecule is CCCOCn1nc(-c2cccc(NCc3ccccc3Cl)n2)c2cnc(NCCN3CCOCC3)nc21.CSC. The highest BCUT2D eigenvalue weighted by atomic mass is 35.5. The summed E-state index contributed by atoms with van der Waals surface area (Å²) >= 11 is 8.06. The van der Waals surface area contributed by atoms with Crippen LogP contribution in [-0.2, 0) is 22.7 Å². The molecule has 10 nitrogen and oxygen atoms in total. The molecule has 0 spiro atoms. The fourth-order valence-corrected chi connectivity index (χ4v) is 4.46. The van der Waals surface area contributed by atoms with E-state index < -0.39 is 0 Å². The second kappa shape index (κ2) is 16.5. The molecule has 0 radical (unpaired) electrons. The van der Waals surface area contributed by atoms with Gasteiger partial charge in [0, 0.05) is 50.6 Å². The van der Waals surface area contributed by atoms with Gasteiger partial charge in [0.05, 0.1) is 24.3 Å². The van der Waals surface area contributed by atoms with E-state index in [1.54, 1.807) is 16.4 Å². The molecule has 0 unspecified atom stereocenters. The van der Waals surface area contributed by atoms with Crippen molar-refractivity contribution < 1.29 is 9.47 Å². The summed E-state index contributed by atoms with van der Waals surface area (Å²) in [5.74, 6) is 1.30. The van der Waals surface area contributed by atoms with E-state index in [1.165, 1.54) is 0 Å². The number of aromatic nitrogens is 5. The molecule has 1 aliphatic rings. The van der Waals surface area contributed by atoms with Crippen LogP contribution in [0.1, 0.15) is 18.9 Å². The number of hydrogen-bond donors (Lipinski definition) is 2. The van der Waals surface area contributed by atoms with E-state index in [4.69, 9.17) is 36.1 Å². The fourth-order valence-electron chi connectivity index (χ4n) is 4.26. The molecular formula is C29H39ClN8O2S. The molecule has 1 saturated heterocycles. The minimum Gasteiger partial charge on any atom is -0.379 e. The van der Waals surface area contributed by atoms with Crippen LogP contribution < -0.4 is 10.6 Å². The fraction of sp³-hybridized carbons (Fsp3) is 0.448. The maximum atomic E-state index is 6.31. The molecule has 4 heterocycles. The molecule has 12 heteroatoms. The number of thioether (sulfide) groups is 1. The topological polar surface area (TPSA) is 102 Å². The summed E-state index contributed by atoms with van der Waals surface area (Å²) in [7, 11) is 0. The lowest BCUT2D eigenvalue weighted by Crippen LogP contribution is -2.39. The Morgan fingerprint density at radius 3 is 2.63 bits per heavy atom. The summed E-state index contributed by atoms with van der Waals surface area (Å²) in [6.07, 6.45) is 6.82. The second-order valence-electron chi connectivity index (χ2n) is 9.46. The average Bonchev–Trinajstić information content (AvgIpc) is 3.36. The van der Waals surface area contributed by atoms with Crippen LogP contribution in [0.2, 0.25) is 5.02 Å². The van der Waals surface area contributed by atoms with E-state index in [2.05, 4.69) is 27.4 Å². The van der Waals surface area contributed by atoms with Crippen LogP contribution in [0.3, 0.4) is 0 Å². The Labute approximate surface area is 251 Å². The van der Waals surface area contributed by atoms with E-state index in [0.717, 1.165) is 73.3 Å². The summed E-state index contributed by atoms with van der Waals surface area (Å²) in [6.45, 7) is 8.73. The van der Waals surface area contributed by atoms with E-state index in [0.29, 0.717) is 37.2 Å². The van der Waals surface area contributed by atoms with Gasteiger partial charge in [0.15, 0.2) is 5.65 Å². The van der Waals surface area contributed by atoms with Crippen molar-refractivity contribution in [2.24, 2.45) is 0 Å². The van der Waals surface area contributed by atoms with Crippen LogP contribution in [-0.4, -0.2) is 88.1 Å². The van der Waals surface area contributed by atoms with Gasteiger partial charge in [-0.1, -0.05) is 42.8 Å². The molecule has 3 aromatic heterocycles. The first-order valence-electron chi connectivity index (χ1n) is 13.8. The molecule has 41 heavy (non-hydrogen) atoms. The Hall–Kier alpha value is -2.96. The summed E-state index contributed by atoms with van der Waals surface area (Å²) < 4.78 is 13.0. The van der Waals surface area contributed by atoms with Crippen molar-refractivity contribution in [1.29, 1.82) is 0 Å². The first-order valence-corrected chi connectivity index (χ1v) is 15.8. The molecular weight excluding hydrogens is 560 g/mol. The van der Waals surface area contributed by atoms with Crippen molar-refractivity contribution in [2.75, 3.05) is 69.1 Å². The van der Waals surface area contributed by atoms with Gasteiger partial charge in [-0.3, -0.25) is 4.90 Å². The minimum absolute atomic E-state index is 0.305. The van der Waals surface area contributed by atoms with Gasteiger partial charge in [0.2, 0.25) is 5.95 Å². The molecule has 4 aromatic rings. The number of benzene rings is 1. The van der Waals surface area contributed by atoms with Gasteiger partial charge in [0.25, 0.3) is 0 Å². The summed E-state index contributed by atoms with van der Waals surface area (Å²) in [6, 6.07) is 13.6. The Balaban J connectivity index is 0.00000124. The molecule has 0 aliphatic carbocycles. The molecule has 1 aliphatic heterocycles. The highest BCUT2D eigenvalue weighted by Crippen LogP contribution is 2.27. The maximum Gasteiger partial charge on any atom is 0.224 e. The van der Waals surface area contributed by atoms with Crippen LogP contribution in [0.15, 0.2) is 48.7 Å². The van der Waals surface area contributed by atoms with Crippen molar-refractivity contribution in [1.82, 2.24) is 29.6 Å². The third-order valence-corrected chi connectivity index (χ3v) is 6.64. The number of nitrogens with zero attached hydrogens (tertiary/aromatic N) is 6. The number of rotatable bonds is 12. The lowest BCUT2D eigenvalue weighted by molar-refractivity contribution is 0.0398. The molecule has 0 bridgehead atoms. The summed E-state index contributed by atoms with van der Waals surface area (Å²) in [4.78, 5) is 16.5. The van der Waals surface area contributed by atoms with Gasteiger partial charge in [-0.25, -0.2) is 14.6 Å². The van der Waals surface area contributed by atoms with Gasteiger partial charge in [-0.2, -0.15) is 21.8 Å². The lowest BCUT2D eigenvalue weighted by Gasteiger charge is -2.26. The van der Waals surface area contributed by atoms with Crippen molar-refractivity contribution in [3.8, 4) is 11.4 Å². The van der Waals surface area contributed by atoms with E-state index in [9.17, 15) is 0 Å². The number of halogens is 1. The molecule has 0 amide bonds. The van der Waals surface area contributed by atoms with E-state index in [-0.39, 0.29) is 0 Å². The van der Waals surface area contributed by atoms with Crippen molar-refractivity contribution in [3.63, 3.8) is 0 Å². The smallest absolute Gasteiger partial charge is 0.224 e. The monoisotopic (exact) mass is 598 g/mol. The number of ether oxygens (including phenoxy) is 2. The van der Waals surface area contributed by atoms with Crippen molar-refractivity contribution in [3.05, 3.63) is 59.2 Å². The largest absolute Gasteiger partial charge is 0.379 e. The van der Waals surface area contributed by atoms with Crippen molar-refractivity contribution >= 4 is 46.2 Å². The molecule has 5 rings (SSSR count). The number of hydrogen-bond acceptors (Lipinski definition) is 10. The number of nitrogens with one attached hydrogen (secondary N) is 2. The molecule has 1 aromatic carbocycles. The number of pyridine rings is 1. The first kappa shape index (κ1) is 31.0. The van der Waals surface area contributed by atoms with Crippen LogP contribution in [0.25, 0.3) is 22.4 Å². The lowest BCUT2D eigenvalue weighted by atomic mass is 10.2. The minimum atomic E-state index is 0.305. The summed E-state index contributed by atoms with van der Waals surface area (Å²) in [5, 5.41) is 13.1. The maximum absolute atomic E-state index is 6.31. The van der Waals surface area contributed by atoms with Crippen LogP contribution in [0, 0.1) is 0 Å². The van der Waals surface area contributed by atoms with Gasteiger partial charge in [-0.05, 0) is 42.7 Å². The highest BCUT2D eigenvalue weighted by Gasteiger charge is 2.17. The van der Waals surface area contributed by atoms with Gasteiger partial charge < -0.3 is 20.1 Å². The predicted molar refractivity (Wildman–Crippen MR) is 169 cm³/mol. The number of morpholine rings is 1. The first-order chi connectivity index (χ1) is 20.1. The van der Waals surface area contributed by atoms with Crippen LogP contribution in [0.5, 0.6) is 0 Å². The average molecular weight is 599 g/mol. The molecule has 1 fully saturated rings. The Morgan fingerprint density at radius 1 is 1.05 bits per heavy atom. The van der Waals surface area contributed by atoms with E-state index in [1.807, 2.05) is 61.2 Å². The molecule has 0 saturated carbocycles. The molecule has 2 N–H and O–H groups in total. The quantitative estimate of drug-likeness (QED) is 0.210. The zero-order valence-electron chi connectivity index (χ0n) is 24.0. The number of anilines is 2. The zero-order chi connectivity index (χ0) is 28.9. The second-order valence-corrected chi connectivity index (χ2v) is 10.7. The van der Waals surface area contributed by atoms with Gasteiger partial charge in [-0.15, -0.1) is 0 Å². The zero-order valence-corrected chi connectivity index (χ0v) is 25.5. The Kier molecular flexibility index (Phi) is 12.5. The molecule has 0 atom stereocenters. The predicted octanol–water partition coefficient (Wildman–Crippen LogP) is 5.26. The third kappa shape index (κ3) is 9.01. The standard InChI is InChI=1S/C27H33ClN8O2.C2H6S/c1-2-14-38-19-36-26-21(18-31-27(33-26)29-10-11-35-12-15-37-16-13-35)25(34-36)23-8-5-9-24(32-23)30-17-20-6-3-4-7-22(20)28;1-3-2/h3-9,18H,2,10-17,19H2,1H3,(H,30,32)(H,29,31,33);1-2H3. The Morgan fingerprint density at radius 2 is 1.85 bits per heavy atom. The van der Waals surface area contributed by atoms with Crippen LogP contribution in [0.4, 0.5) is 11.8 Å². The van der Waals surface area contributed by atoms with Gasteiger partial charge in [0.1, 0.15) is 18.2 Å². The number of fused-ring (bicyclic) bond motifs is 1. The van der Waals surface area contributed by atoms with Crippen LogP contribution >= 0.6 is 23.4 Å². The van der Waals surface area contributed by atoms with E-state index >= 15 is 0 Å². The Bertz CT molecular complexity index is 1370. The molecule has 220 valence electrons. The highest BCUT2D eigenvalue weighted by molar-refractivity contribution is 7.97. The van der Waals surface area contributed by atoms with Crippen molar-refractivity contribution in [2.45, 2.75) is 26.6 Å². The van der Waals surface area contributed by atoms with Gasteiger partial charge >= 0.3 is 0 Å². The third-order valence-electron chi connectivity index (χ3n) is 6.28. The normalized spacial score (nSPS) is 13.6. The summed E-state index contributed by atoms with van der Waals surface area (Å²) in [5.41, 5.74) is 3.15.